The lowest BCUT2D eigenvalue weighted by Crippen LogP contribution is -2.50. The molecule has 0 aliphatic carbocycles. The number of ether oxygens (including phenoxy) is 3. The highest BCUT2D eigenvalue weighted by Gasteiger charge is 2.31. The molecule has 0 aromatic heterocycles. The van der Waals surface area contributed by atoms with Crippen LogP contribution in [0.4, 0.5) is 0 Å². The van der Waals surface area contributed by atoms with Gasteiger partial charge in [0, 0.05) is 19.3 Å². The van der Waals surface area contributed by atoms with E-state index in [4.69, 9.17) is 14.2 Å². The number of esters is 2. The third-order valence-corrected chi connectivity index (χ3v) is 12.5. The summed E-state index contributed by atoms with van der Waals surface area (Å²) in [6.45, 7) is 4.75. The van der Waals surface area contributed by atoms with Gasteiger partial charge < -0.3 is 23.8 Å². The van der Waals surface area contributed by atoms with Crippen molar-refractivity contribution < 1.29 is 38.2 Å². The first-order valence-corrected chi connectivity index (χ1v) is 27.5. The molecule has 0 bridgehead atoms. The van der Waals surface area contributed by atoms with Crippen LogP contribution in [-0.2, 0) is 28.6 Å². The van der Waals surface area contributed by atoms with Crippen molar-refractivity contribution in [3.8, 4) is 0 Å². The van der Waals surface area contributed by atoms with E-state index in [0.29, 0.717) is 19.3 Å². The lowest BCUT2D eigenvalue weighted by atomic mass is 10.0. The first-order chi connectivity index (χ1) is 31.6. The van der Waals surface area contributed by atoms with Gasteiger partial charge in [0.15, 0.2) is 12.1 Å². The molecular formula is C57H106NO7+. The summed E-state index contributed by atoms with van der Waals surface area (Å²) in [6, 6.07) is -0.615. The average Bonchev–Trinajstić information content (AvgIpc) is 3.27. The number of carboxylic acid groups (broad SMARTS) is 1. The fourth-order valence-electron chi connectivity index (χ4n) is 8.24. The van der Waals surface area contributed by atoms with E-state index in [1.807, 2.05) is 21.1 Å². The molecule has 0 aliphatic heterocycles. The molecule has 0 rings (SSSR count). The van der Waals surface area contributed by atoms with Gasteiger partial charge in [-0.2, -0.15) is 0 Å². The van der Waals surface area contributed by atoms with E-state index in [1.165, 1.54) is 180 Å². The first kappa shape index (κ1) is 62.5. The quantitative estimate of drug-likeness (QED) is 0.0281. The standard InChI is InChI=1S/C57H105NO7/c1-6-8-10-12-14-16-18-20-22-24-26-27-28-29-30-32-34-36-38-40-42-44-46-48-56(60)65-53(51-63-50-49-54(57(61)62)58(3,4)5)52-64-55(59)47-45-43-41-39-37-35-33-31-25-23-21-19-17-15-13-11-9-7-2/h18,20,23-26,53-54H,6-17,19,21-22,27-52H2,1-5H3/p+1/b20-18-,25-23-,26-24-. The number of rotatable bonds is 50. The summed E-state index contributed by atoms with van der Waals surface area (Å²) in [5.41, 5.74) is 0. The van der Waals surface area contributed by atoms with Crippen LogP contribution < -0.4 is 0 Å². The van der Waals surface area contributed by atoms with E-state index in [0.717, 1.165) is 44.9 Å². The van der Waals surface area contributed by atoms with Crippen molar-refractivity contribution in [2.75, 3.05) is 41.0 Å². The summed E-state index contributed by atoms with van der Waals surface area (Å²) in [6.07, 6.45) is 57.7. The molecule has 0 saturated heterocycles. The van der Waals surface area contributed by atoms with Crippen LogP contribution in [0.15, 0.2) is 36.5 Å². The zero-order valence-corrected chi connectivity index (χ0v) is 43.5. The summed E-state index contributed by atoms with van der Waals surface area (Å²) < 4.78 is 17.4. The lowest BCUT2D eigenvalue weighted by molar-refractivity contribution is -0.887. The van der Waals surface area contributed by atoms with Crippen LogP contribution in [0.25, 0.3) is 0 Å². The van der Waals surface area contributed by atoms with Gasteiger partial charge in [-0.1, -0.05) is 204 Å². The Bertz CT molecular complexity index is 1160. The second kappa shape index (κ2) is 48.0. The van der Waals surface area contributed by atoms with Crippen molar-refractivity contribution >= 4 is 17.9 Å². The maximum Gasteiger partial charge on any atom is 0.362 e. The van der Waals surface area contributed by atoms with E-state index in [1.54, 1.807) is 0 Å². The van der Waals surface area contributed by atoms with Crippen molar-refractivity contribution in [3.63, 3.8) is 0 Å². The van der Waals surface area contributed by atoms with Crippen LogP contribution in [0.2, 0.25) is 0 Å². The third-order valence-electron chi connectivity index (χ3n) is 12.5. The van der Waals surface area contributed by atoms with Gasteiger partial charge >= 0.3 is 17.9 Å². The van der Waals surface area contributed by atoms with Gasteiger partial charge in [0.2, 0.25) is 0 Å². The van der Waals surface area contributed by atoms with Gasteiger partial charge in [0.25, 0.3) is 0 Å². The Morgan fingerprint density at radius 3 is 1.20 bits per heavy atom. The highest BCUT2D eigenvalue weighted by Crippen LogP contribution is 2.16. The molecule has 2 unspecified atom stereocenters. The van der Waals surface area contributed by atoms with Crippen LogP contribution in [0.3, 0.4) is 0 Å². The van der Waals surface area contributed by atoms with Crippen LogP contribution in [0, 0.1) is 0 Å². The van der Waals surface area contributed by atoms with Crippen molar-refractivity contribution in [3.05, 3.63) is 36.5 Å². The second-order valence-corrected chi connectivity index (χ2v) is 19.8. The second-order valence-electron chi connectivity index (χ2n) is 19.8. The smallest absolute Gasteiger partial charge is 0.362 e. The normalized spacial score (nSPS) is 13.1. The lowest BCUT2D eigenvalue weighted by Gasteiger charge is -2.31. The summed E-state index contributed by atoms with van der Waals surface area (Å²) >= 11 is 0. The first-order valence-electron chi connectivity index (χ1n) is 27.5. The van der Waals surface area contributed by atoms with E-state index >= 15 is 0 Å². The number of likely N-dealkylation sites (N-methyl/N-ethyl adjacent to an activating group) is 1. The molecule has 0 amide bonds. The molecule has 1 N–H and O–H groups in total. The predicted molar refractivity (Wildman–Crippen MR) is 275 cm³/mol. The largest absolute Gasteiger partial charge is 0.477 e. The molecule has 8 nitrogen and oxygen atoms in total. The zero-order valence-electron chi connectivity index (χ0n) is 43.5. The van der Waals surface area contributed by atoms with E-state index < -0.39 is 18.1 Å². The Hall–Kier alpha value is -2.45. The van der Waals surface area contributed by atoms with Crippen LogP contribution >= 0.6 is 0 Å². The molecule has 0 aromatic carbocycles. The fourth-order valence-corrected chi connectivity index (χ4v) is 8.24. The number of carbonyl (C=O) groups excluding carboxylic acids is 2. The molecule has 2 atom stereocenters. The van der Waals surface area contributed by atoms with E-state index in [9.17, 15) is 19.5 Å². The van der Waals surface area contributed by atoms with Gasteiger partial charge in [0.1, 0.15) is 6.61 Å². The summed E-state index contributed by atoms with van der Waals surface area (Å²) in [4.78, 5) is 37.2. The number of carbonyl (C=O) groups is 3. The summed E-state index contributed by atoms with van der Waals surface area (Å²) in [5.74, 6) is -1.46. The third kappa shape index (κ3) is 46.4. The highest BCUT2D eigenvalue weighted by molar-refractivity contribution is 5.72. The van der Waals surface area contributed by atoms with Gasteiger partial charge in [-0.25, -0.2) is 4.79 Å². The number of hydrogen-bond donors (Lipinski definition) is 1. The minimum Gasteiger partial charge on any atom is -0.477 e. The van der Waals surface area contributed by atoms with Gasteiger partial charge in [0.05, 0.1) is 34.4 Å². The van der Waals surface area contributed by atoms with Gasteiger partial charge in [-0.05, 0) is 70.6 Å². The molecule has 0 aliphatic rings. The van der Waals surface area contributed by atoms with Crippen molar-refractivity contribution in [1.29, 1.82) is 0 Å². The van der Waals surface area contributed by atoms with Gasteiger partial charge in [-0.3, -0.25) is 9.59 Å². The summed E-state index contributed by atoms with van der Waals surface area (Å²) in [7, 11) is 5.54. The van der Waals surface area contributed by atoms with Gasteiger partial charge in [-0.15, -0.1) is 0 Å². The maximum absolute atomic E-state index is 12.8. The minimum absolute atomic E-state index is 0.0516. The van der Waals surface area contributed by atoms with E-state index in [2.05, 4.69) is 50.3 Å². The molecule has 0 radical (unpaired) electrons. The van der Waals surface area contributed by atoms with Crippen molar-refractivity contribution in [1.82, 2.24) is 0 Å². The Kier molecular flexibility index (Phi) is 46.2. The van der Waals surface area contributed by atoms with Crippen LogP contribution in [-0.4, -0.2) is 80.6 Å². The highest BCUT2D eigenvalue weighted by atomic mass is 16.6. The molecule has 0 saturated carbocycles. The Morgan fingerprint density at radius 2 is 0.815 bits per heavy atom. The Balaban J connectivity index is 4.19. The van der Waals surface area contributed by atoms with E-state index in [-0.39, 0.29) is 36.2 Å². The number of quaternary nitrogens is 1. The van der Waals surface area contributed by atoms with Crippen molar-refractivity contribution in [2.24, 2.45) is 0 Å². The molecule has 0 heterocycles. The number of nitrogens with zero attached hydrogens (tertiary/aromatic N) is 1. The average molecular weight is 917 g/mol. The van der Waals surface area contributed by atoms with Crippen LogP contribution in [0.5, 0.6) is 0 Å². The molecule has 0 aromatic rings. The Morgan fingerprint density at radius 1 is 0.462 bits per heavy atom. The number of aliphatic carboxylic acids is 1. The molecule has 0 spiro atoms. The Labute approximate surface area is 402 Å². The summed E-state index contributed by atoms with van der Waals surface area (Å²) in [5, 5.41) is 9.67. The topological polar surface area (TPSA) is 99.1 Å². The number of hydrogen-bond acceptors (Lipinski definition) is 6. The maximum atomic E-state index is 12.8. The monoisotopic (exact) mass is 917 g/mol. The minimum atomic E-state index is -0.873. The van der Waals surface area contributed by atoms with Crippen LogP contribution in [0.1, 0.15) is 258 Å². The number of unbranched alkanes of at least 4 members (excludes halogenated alkanes) is 30. The molecular weight excluding hydrogens is 811 g/mol. The molecule has 8 heteroatoms. The molecule has 0 fully saturated rings. The van der Waals surface area contributed by atoms with Crippen molar-refractivity contribution in [2.45, 2.75) is 270 Å². The zero-order chi connectivity index (χ0) is 47.7. The fraction of sp³-hybridized carbons (Fsp3) is 0.842. The predicted octanol–water partition coefficient (Wildman–Crippen LogP) is 16.1. The SMILES string of the molecule is CCCCCCC/C=C\C/C=C\CCCCCCCCCCCCCC(=O)OC(COCCC(C(=O)O)[N+](C)(C)C)COC(=O)CCCCCCCCC/C=C\CCCCCCCCC. The molecule has 380 valence electrons. The molecule has 65 heavy (non-hydrogen) atoms. The number of carboxylic acids is 1. The number of allylic oxidation sites excluding steroid dienone is 6.